The molecule has 0 unspecified atom stereocenters. The van der Waals surface area contributed by atoms with Crippen molar-refractivity contribution < 1.29 is 9.53 Å². The van der Waals surface area contributed by atoms with Crippen LogP contribution in [0.15, 0.2) is 0 Å². The highest BCUT2D eigenvalue weighted by atomic mass is 16.6. The number of piperazine rings is 2. The summed E-state index contributed by atoms with van der Waals surface area (Å²) in [7, 11) is 0. The molecule has 3 rings (SSSR count). The van der Waals surface area contributed by atoms with Crippen molar-refractivity contribution in [1.82, 2.24) is 25.8 Å². The lowest BCUT2D eigenvalue weighted by Crippen LogP contribution is -2.64. The molecule has 0 atom stereocenters. The highest BCUT2D eigenvalue weighted by Crippen LogP contribution is 2.19. The van der Waals surface area contributed by atoms with Crippen LogP contribution in [0.1, 0.15) is 20.8 Å². The summed E-state index contributed by atoms with van der Waals surface area (Å²) >= 11 is 0. The predicted octanol–water partition coefficient (Wildman–Crippen LogP) is -0.310. The van der Waals surface area contributed by atoms with Gasteiger partial charge in [-0.25, -0.2) is 4.79 Å². The molecule has 1 amide bonds. The van der Waals surface area contributed by atoms with Gasteiger partial charge in [-0.15, -0.1) is 0 Å². The van der Waals surface area contributed by atoms with Crippen molar-refractivity contribution in [2.75, 3.05) is 65.4 Å². The van der Waals surface area contributed by atoms with Gasteiger partial charge in [0.05, 0.1) is 0 Å². The van der Waals surface area contributed by atoms with Crippen LogP contribution in [0, 0.1) is 0 Å². The molecule has 3 saturated heterocycles. The maximum Gasteiger partial charge on any atom is 0.410 e. The van der Waals surface area contributed by atoms with E-state index < -0.39 is 5.60 Å². The van der Waals surface area contributed by atoms with Crippen LogP contribution in [-0.4, -0.2) is 93.0 Å². The van der Waals surface area contributed by atoms with Crippen LogP contribution in [0.2, 0.25) is 0 Å². The van der Waals surface area contributed by atoms with E-state index in [4.69, 9.17) is 4.74 Å². The second kappa shape index (κ2) is 8.82. The smallest absolute Gasteiger partial charge is 0.410 e. The molecule has 7 nitrogen and oxygen atoms in total. The standard InChI is InChI=1S/C12H23N3O2.C4H10N2/c1-12(2,3)17-11(16)15-8-10(9-15)14-6-4-13-5-7-14;1-2-6-4-3-5-1/h10,13H,4-9H2,1-3H3;5-6H,1-4H2. The van der Waals surface area contributed by atoms with E-state index in [0.29, 0.717) is 6.04 Å². The predicted molar refractivity (Wildman–Crippen MR) is 91.8 cm³/mol. The van der Waals surface area contributed by atoms with Gasteiger partial charge in [0.25, 0.3) is 0 Å². The summed E-state index contributed by atoms with van der Waals surface area (Å²) in [6.07, 6.45) is -0.177. The Bertz CT molecular complexity index is 344. The number of rotatable bonds is 1. The Morgan fingerprint density at radius 2 is 1.39 bits per heavy atom. The average Bonchev–Trinajstić information content (AvgIpc) is 2.47. The summed E-state index contributed by atoms with van der Waals surface area (Å²) in [6, 6.07) is 0.532. The zero-order valence-corrected chi connectivity index (χ0v) is 14.9. The third kappa shape index (κ3) is 6.63. The molecule has 0 saturated carbocycles. The molecule has 3 aliphatic heterocycles. The Morgan fingerprint density at radius 3 is 1.83 bits per heavy atom. The minimum absolute atomic E-state index is 0.177. The fraction of sp³-hybridized carbons (Fsp3) is 0.938. The van der Waals surface area contributed by atoms with Gasteiger partial charge in [0.1, 0.15) is 5.60 Å². The summed E-state index contributed by atoms with van der Waals surface area (Å²) in [5.41, 5.74) is -0.392. The van der Waals surface area contributed by atoms with Crippen LogP contribution >= 0.6 is 0 Å². The van der Waals surface area contributed by atoms with Gasteiger partial charge in [0.2, 0.25) is 0 Å². The largest absolute Gasteiger partial charge is 0.444 e. The maximum atomic E-state index is 11.7. The highest BCUT2D eigenvalue weighted by molar-refractivity contribution is 5.69. The van der Waals surface area contributed by atoms with E-state index in [-0.39, 0.29) is 6.09 Å². The fourth-order valence-electron chi connectivity index (χ4n) is 2.81. The molecule has 3 aliphatic rings. The van der Waals surface area contributed by atoms with Gasteiger partial charge in [-0.1, -0.05) is 0 Å². The fourth-order valence-corrected chi connectivity index (χ4v) is 2.81. The maximum absolute atomic E-state index is 11.7. The van der Waals surface area contributed by atoms with Gasteiger partial charge in [0.15, 0.2) is 0 Å². The van der Waals surface area contributed by atoms with Crippen molar-refractivity contribution in [3.8, 4) is 0 Å². The second-order valence-electron chi connectivity index (χ2n) is 7.33. The molecule has 0 spiro atoms. The SMILES string of the molecule is C1CNCCN1.CC(C)(C)OC(=O)N1CC(N2CCNCC2)C1. The van der Waals surface area contributed by atoms with Gasteiger partial charge >= 0.3 is 6.09 Å². The van der Waals surface area contributed by atoms with E-state index in [1.54, 1.807) is 4.90 Å². The first-order valence-electron chi connectivity index (χ1n) is 8.80. The minimum atomic E-state index is -0.392. The number of hydrogen-bond donors (Lipinski definition) is 3. The topological polar surface area (TPSA) is 68.9 Å². The number of ether oxygens (including phenoxy) is 1. The molecule has 0 aromatic heterocycles. The number of amides is 1. The molecule has 0 radical (unpaired) electrons. The van der Waals surface area contributed by atoms with E-state index in [0.717, 1.165) is 65.4 Å². The summed E-state index contributed by atoms with van der Waals surface area (Å²) in [6.45, 7) is 16.2. The normalized spacial score (nSPS) is 23.5. The third-order valence-corrected chi connectivity index (χ3v) is 4.14. The quantitative estimate of drug-likeness (QED) is 0.614. The molecule has 0 bridgehead atoms. The Hall–Kier alpha value is -0.890. The average molecular weight is 327 g/mol. The molecule has 0 aliphatic carbocycles. The van der Waals surface area contributed by atoms with Crippen molar-refractivity contribution in [2.24, 2.45) is 0 Å². The van der Waals surface area contributed by atoms with Crippen molar-refractivity contribution in [1.29, 1.82) is 0 Å². The van der Waals surface area contributed by atoms with Crippen LogP contribution in [0.3, 0.4) is 0 Å². The Kier molecular flexibility index (Phi) is 7.08. The first-order chi connectivity index (χ1) is 11.0. The molecule has 134 valence electrons. The molecule has 0 aromatic carbocycles. The number of hydrogen-bond acceptors (Lipinski definition) is 6. The first-order valence-corrected chi connectivity index (χ1v) is 8.80. The summed E-state index contributed by atoms with van der Waals surface area (Å²) in [5.74, 6) is 0. The van der Waals surface area contributed by atoms with Crippen molar-refractivity contribution in [3.63, 3.8) is 0 Å². The molecule has 7 heteroatoms. The zero-order valence-electron chi connectivity index (χ0n) is 14.9. The summed E-state index contributed by atoms with van der Waals surface area (Å²) in [4.78, 5) is 16.0. The van der Waals surface area contributed by atoms with Crippen LogP contribution in [0.25, 0.3) is 0 Å². The number of nitrogens with zero attached hydrogens (tertiary/aromatic N) is 2. The number of nitrogens with one attached hydrogen (secondary N) is 3. The van der Waals surface area contributed by atoms with Gasteiger partial charge in [0, 0.05) is 71.5 Å². The minimum Gasteiger partial charge on any atom is -0.444 e. The van der Waals surface area contributed by atoms with Crippen LogP contribution in [0.4, 0.5) is 4.79 Å². The number of carbonyl (C=O) groups is 1. The second-order valence-corrected chi connectivity index (χ2v) is 7.33. The molecular weight excluding hydrogens is 294 g/mol. The monoisotopic (exact) mass is 327 g/mol. The number of likely N-dealkylation sites (tertiary alicyclic amines) is 1. The van der Waals surface area contributed by atoms with Crippen molar-refractivity contribution in [3.05, 3.63) is 0 Å². The molecule has 0 aromatic rings. The Labute approximate surface area is 140 Å². The van der Waals surface area contributed by atoms with Crippen LogP contribution in [-0.2, 0) is 4.74 Å². The lowest BCUT2D eigenvalue weighted by molar-refractivity contribution is -0.0172. The Balaban J connectivity index is 0.000000268. The molecule has 3 heterocycles. The van der Waals surface area contributed by atoms with E-state index in [1.807, 2.05) is 20.8 Å². The first kappa shape index (κ1) is 18.4. The van der Waals surface area contributed by atoms with Crippen molar-refractivity contribution in [2.45, 2.75) is 32.4 Å². The van der Waals surface area contributed by atoms with Gasteiger partial charge in [-0.3, -0.25) is 4.90 Å². The molecule has 3 N–H and O–H groups in total. The Morgan fingerprint density at radius 1 is 0.913 bits per heavy atom. The van der Waals surface area contributed by atoms with E-state index in [2.05, 4.69) is 20.9 Å². The van der Waals surface area contributed by atoms with Gasteiger partial charge < -0.3 is 25.6 Å². The zero-order chi connectivity index (χ0) is 16.7. The molecular formula is C16H33N5O2. The van der Waals surface area contributed by atoms with E-state index in [1.165, 1.54) is 0 Å². The summed E-state index contributed by atoms with van der Waals surface area (Å²) < 4.78 is 5.33. The van der Waals surface area contributed by atoms with Crippen LogP contribution in [0.5, 0.6) is 0 Å². The molecule has 3 fully saturated rings. The summed E-state index contributed by atoms with van der Waals surface area (Å²) in [5, 5.41) is 9.78. The van der Waals surface area contributed by atoms with Gasteiger partial charge in [-0.2, -0.15) is 0 Å². The van der Waals surface area contributed by atoms with Gasteiger partial charge in [-0.05, 0) is 20.8 Å². The van der Waals surface area contributed by atoms with E-state index in [9.17, 15) is 4.79 Å². The van der Waals surface area contributed by atoms with E-state index >= 15 is 0 Å². The molecule has 23 heavy (non-hydrogen) atoms. The highest BCUT2D eigenvalue weighted by Gasteiger charge is 2.37. The lowest BCUT2D eigenvalue weighted by atomic mass is 10.1. The van der Waals surface area contributed by atoms with Crippen molar-refractivity contribution >= 4 is 6.09 Å². The lowest BCUT2D eigenvalue weighted by Gasteiger charge is -2.46. The number of carbonyl (C=O) groups excluding carboxylic acids is 1. The third-order valence-electron chi connectivity index (χ3n) is 4.14. The van der Waals surface area contributed by atoms with Crippen LogP contribution < -0.4 is 16.0 Å².